The molecule has 96 valence electrons. The Balaban J connectivity index is 2.71. The summed E-state index contributed by atoms with van der Waals surface area (Å²) < 4.78 is 5.37. The number of benzene rings is 1. The van der Waals surface area contributed by atoms with Gasteiger partial charge in [-0.15, -0.1) is 6.58 Å². The first-order valence-electron chi connectivity index (χ1n) is 5.66. The van der Waals surface area contributed by atoms with E-state index < -0.39 is 0 Å². The predicted octanol–water partition coefficient (Wildman–Crippen LogP) is 1.88. The molecule has 1 rings (SSSR count). The molecule has 0 saturated carbocycles. The molecule has 4 heteroatoms. The van der Waals surface area contributed by atoms with Gasteiger partial charge in [0, 0.05) is 6.54 Å². The Morgan fingerprint density at radius 3 is 2.78 bits per heavy atom. The number of carbonyl (C=O) groups excluding carboxylic acids is 2. The van der Waals surface area contributed by atoms with E-state index in [1.54, 1.807) is 18.2 Å². The molecule has 1 amide bonds. The van der Waals surface area contributed by atoms with E-state index in [9.17, 15) is 9.59 Å². The molecule has 0 aliphatic carbocycles. The van der Waals surface area contributed by atoms with Crippen LogP contribution in [0.4, 0.5) is 0 Å². The molecule has 1 aromatic carbocycles. The van der Waals surface area contributed by atoms with E-state index >= 15 is 0 Å². The minimum atomic E-state index is -0.245. The Morgan fingerprint density at radius 1 is 1.44 bits per heavy atom. The molecule has 4 nitrogen and oxygen atoms in total. The topological polar surface area (TPSA) is 55.4 Å². The quantitative estimate of drug-likeness (QED) is 0.617. The summed E-state index contributed by atoms with van der Waals surface area (Å²) in [5, 5.41) is 2.60. The average molecular weight is 247 g/mol. The summed E-state index contributed by atoms with van der Waals surface area (Å²) >= 11 is 0. The molecular weight excluding hydrogens is 230 g/mol. The second-order valence-electron chi connectivity index (χ2n) is 3.94. The van der Waals surface area contributed by atoms with Gasteiger partial charge in [0.1, 0.15) is 5.75 Å². The molecule has 0 spiro atoms. The number of amides is 1. The van der Waals surface area contributed by atoms with Crippen LogP contribution in [-0.4, -0.2) is 24.8 Å². The molecule has 1 N–H and O–H groups in total. The van der Waals surface area contributed by atoms with Gasteiger partial charge in [0.25, 0.3) is 5.91 Å². The van der Waals surface area contributed by atoms with Gasteiger partial charge in [-0.2, -0.15) is 0 Å². The number of hydrogen-bond donors (Lipinski definition) is 1. The highest BCUT2D eigenvalue weighted by atomic mass is 16.5. The van der Waals surface area contributed by atoms with E-state index in [0.717, 1.165) is 5.56 Å². The van der Waals surface area contributed by atoms with Crippen molar-refractivity contribution in [1.29, 1.82) is 0 Å². The van der Waals surface area contributed by atoms with Gasteiger partial charge in [-0.1, -0.05) is 12.1 Å². The third kappa shape index (κ3) is 4.05. The second kappa shape index (κ2) is 6.59. The summed E-state index contributed by atoms with van der Waals surface area (Å²) in [6.45, 7) is 7.15. The third-order valence-corrected chi connectivity index (χ3v) is 2.32. The molecule has 0 heterocycles. The molecule has 1 aromatic rings. The van der Waals surface area contributed by atoms with Gasteiger partial charge in [-0.05, 0) is 31.5 Å². The summed E-state index contributed by atoms with van der Waals surface area (Å²) in [5.41, 5.74) is 1.46. The van der Waals surface area contributed by atoms with E-state index in [1.165, 1.54) is 6.92 Å². The lowest BCUT2D eigenvalue weighted by molar-refractivity contribution is -0.122. The van der Waals surface area contributed by atoms with E-state index in [-0.39, 0.29) is 18.3 Å². The number of Topliss-reactive ketones (excluding diaryl/α,β-unsaturated/α-hetero) is 1. The van der Waals surface area contributed by atoms with Crippen molar-refractivity contribution in [2.24, 2.45) is 0 Å². The molecule has 0 saturated heterocycles. The van der Waals surface area contributed by atoms with Gasteiger partial charge in [0.2, 0.25) is 0 Å². The Hall–Kier alpha value is -2.10. The van der Waals surface area contributed by atoms with E-state index in [4.69, 9.17) is 4.74 Å². The van der Waals surface area contributed by atoms with E-state index in [1.807, 2.05) is 13.0 Å². The zero-order chi connectivity index (χ0) is 13.5. The first-order valence-corrected chi connectivity index (χ1v) is 5.66. The minimum absolute atomic E-state index is 0.0866. The zero-order valence-electron chi connectivity index (χ0n) is 10.7. The molecule has 0 unspecified atom stereocenters. The fourth-order valence-corrected chi connectivity index (χ4v) is 1.42. The Bertz CT molecular complexity index is 466. The SMILES string of the molecule is C=CCNC(=O)COc1cc(C)ccc1C(C)=O. The number of aryl methyl sites for hydroxylation is 1. The summed E-state index contributed by atoms with van der Waals surface area (Å²) in [7, 11) is 0. The van der Waals surface area contributed by atoms with Gasteiger partial charge >= 0.3 is 0 Å². The number of ether oxygens (including phenoxy) is 1. The lowest BCUT2D eigenvalue weighted by Crippen LogP contribution is -2.29. The summed E-state index contributed by atoms with van der Waals surface area (Å²) in [6.07, 6.45) is 1.59. The van der Waals surface area contributed by atoms with Crippen molar-refractivity contribution in [2.45, 2.75) is 13.8 Å². The van der Waals surface area contributed by atoms with Crippen LogP contribution < -0.4 is 10.1 Å². The van der Waals surface area contributed by atoms with Crippen molar-refractivity contribution in [3.05, 3.63) is 42.0 Å². The molecule has 18 heavy (non-hydrogen) atoms. The van der Waals surface area contributed by atoms with Gasteiger partial charge in [-0.25, -0.2) is 0 Å². The van der Waals surface area contributed by atoms with Crippen LogP contribution in [0.5, 0.6) is 5.75 Å². The van der Waals surface area contributed by atoms with Crippen LogP contribution in [0.15, 0.2) is 30.9 Å². The van der Waals surface area contributed by atoms with Crippen molar-refractivity contribution in [1.82, 2.24) is 5.32 Å². The molecular formula is C14H17NO3. The summed E-state index contributed by atoms with van der Waals surface area (Å²) in [5.74, 6) is 0.110. The smallest absolute Gasteiger partial charge is 0.258 e. The van der Waals surface area contributed by atoms with Crippen LogP contribution in [0.2, 0.25) is 0 Å². The molecule has 0 aliphatic rings. The Labute approximate surface area is 107 Å². The average Bonchev–Trinajstić information content (AvgIpc) is 2.33. The lowest BCUT2D eigenvalue weighted by Gasteiger charge is -2.10. The van der Waals surface area contributed by atoms with Crippen LogP contribution in [0, 0.1) is 6.92 Å². The standard InChI is InChI=1S/C14H17NO3/c1-4-7-15-14(17)9-18-13-8-10(2)5-6-12(13)11(3)16/h4-6,8H,1,7,9H2,2-3H3,(H,15,17). The van der Waals surface area contributed by atoms with Gasteiger partial charge in [-0.3, -0.25) is 9.59 Å². The number of carbonyl (C=O) groups is 2. The molecule has 0 bridgehead atoms. The van der Waals surface area contributed by atoms with Gasteiger partial charge < -0.3 is 10.1 Å². The first kappa shape index (κ1) is 14.0. The highest BCUT2D eigenvalue weighted by Gasteiger charge is 2.10. The van der Waals surface area contributed by atoms with Gasteiger partial charge in [0.05, 0.1) is 5.56 Å². The zero-order valence-corrected chi connectivity index (χ0v) is 10.7. The maximum atomic E-state index is 11.4. The third-order valence-electron chi connectivity index (χ3n) is 2.32. The molecule has 0 aromatic heterocycles. The fraction of sp³-hybridized carbons (Fsp3) is 0.286. The molecule has 0 atom stereocenters. The van der Waals surface area contributed by atoms with E-state index in [2.05, 4.69) is 11.9 Å². The van der Waals surface area contributed by atoms with Crippen LogP contribution in [0.1, 0.15) is 22.8 Å². The monoisotopic (exact) mass is 247 g/mol. The Kier molecular flexibility index (Phi) is 5.11. The highest BCUT2D eigenvalue weighted by molar-refractivity contribution is 5.97. The lowest BCUT2D eigenvalue weighted by atomic mass is 10.1. The number of hydrogen-bond acceptors (Lipinski definition) is 3. The van der Waals surface area contributed by atoms with Crippen LogP contribution in [0.3, 0.4) is 0 Å². The van der Waals surface area contributed by atoms with E-state index in [0.29, 0.717) is 17.9 Å². The maximum absolute atomic E-state index is 11.4. The maximum Gasteiger partial charge on any atom is 0.258 e. The summed E-state index contributed by atoms with van der Waals surface area (Å²) in [6, 6.07) is 5.29. The largest absolute Gasteiger partial charge is 0.483 e. The normalized spacial score (nSPS) is 9.67. The summed E-state index contributed by atoms with van der Waals surface area (Å²) in [4.78, 5) is 22.8. The Morgan fingerprint density at radius 2 is 2.17 bits per heavy atom. The molecule has 0 radical (unpaired) electrons. The number of rotatable bonds is 6. The van der Waals surface area contributed by atoms with Crippen LogP contribution >= 0.6 is 0 Å². The first-order chi connectivity index (χ1) is 8.54. The number of nitrogens with one attached hydrogen (secondary N) is 1. The number of ketones is 1. The minimum Gasteiger partial charge on any atom is -0.483 e. The molecule has 0 aliphatic heterocycles. The van der Waals surface area contributed by atoms with Crippen molar-refractivity contribution in [3.8, 4) is 5.75 Å². The van der Waals surface area contributed by atoms with Crippen molar-refractivity contribution < 1.29 is 14.3 Å². The second-order valence-corrected chi connectivity index (χ2v) is 3.94. The highest BCUT2D eigenvalue weighted by Crippen LogP contribution is 2.20. The van der Waals surface area contributed by atoms with Crippen LogP contribution in [-0.2, 0) is 4.79 Å². The molecule has 0 fully saturated rings. The van der Waals surface area contributed by atoms with Crippen LogP contribution in [0.25, 0.3) is 0 Å². The van der Waals surface area contributed by atoms with Crippen molar-refractivity contribution in [3.63, 3.8) is 0 Å². The fourth-order valence-electron chi connectivity index (χ4n) is 1.42. The van der Waals surface area contributed by atoms with Crippen molar-refractivity contribution >= 4 is 11.7 Å². The van der Waals surface area contributed by atoms with Gasteiger partial charge in [0.15, 0.2) is 12.4 Å². The van der Waals surface area contributed by atoms with Crippen molar-refractivity contribution in [2.75, 3.05) is 13.2 Å². The predicted molar refractivity (Wildman–Crippen MR) is 69.9 cm³/mol.